The Morgan fingerprint density at radius 1 is 1.33 bits per heavy atom. The molecular weight excluding hydrogens is 236 g/mol. The molecule has 18 heavy (non-hydrogen) atoms. The third kappa shape index (κ3) is 2.55. The Balaban J connectivity index is 2.08. The summed E-state index contributed by atoms with van der Waals surface area (Å²) in [6, 6.07) is 0. The fourth-order valence-corrected chi connectivity index (χ4v) is 2.68. The van der Waals surface area contributed by atoms with E-state index in [0.717, 1.165) is 4.90 Å². The molecule has 0 radical (unpaired) electrons. The van der Waals surface area contributed by atoms with Gasteiger partial charge in [0, 0.05) is 6.54 Å². The van der Waals surface area contributed by atoms with Gasteiger partial charge < -0.3 is 14.7 Å². The van der Waals surface area contributed by atoms with Crippen LogP contribution in [0.25, 0.3) is 0 Å². The zero-order valence-corrected chi connectivity index (χ0v) is 11.0. The minimum Gasteiger partial charge on any atom is -0.387 e. The first-order valence-electron chi connectivity index (χ1n) is 6.18. The van der Waals surface area contributed by atoms with Crippen LogP contribution in [0, 0.1) is 0 Å². The average molecular weight is 256 g/mol. The van der Waals surface area contributed by atoms with E-state index < -0.39 is 17.8 Å². The van der Waals surface area contributed by atoms with E-state index in [1.807, 2.05) is 19.0 Å². The fourth-order valence-electron chi connectivity index (χ4n) is 2.68. The number of nitrogens with zero attached hydrogens (tertiary/aromatic N) is 2. The van der Waals surface area contributed by atoms with Crippen LogP contribution in [0.15, 0.2) is 0 Å². The molecule has 102 valence electrons. The SMILES string of the molecule is CN(C)CC(C)(O)CN1C(=O)C2CCC(O2)C1=O. The summed E-state index contributed by atoms with van der Waals surface area (Å²) < 4.78 is 5.31. The molecule has 1 N–H and O–H groups in total. The molecule has 2 fully saturated rings. The van der Waals surface area contributed by atoms with Gasteiger partial charge in [0.2, 0.25) is 0 Å². The van der Waals surface area contributed by atoms with Crippen molar-refractivity contribution < 1.29 is 19.4 Å². The molecule has 0 aromatic carbocycles. The molecule has 0 saturated carbocycles. The van der Waals surface area contributed by atoms with Crippen LogP contribution in [0.4, 0.5) is 0 Å². The summed E-state index contributed by atoms with van der Waals surface area (Å²) in [5.41, 5.74) is -1.11. The molecule has 2 aliphatic rings. The summed E-state index contributed by atoms with van der Waals surface area (Å²) in [6.07, 6.45) is 0.203. The third-order valence-electron chi connectivity index (χ3n) is 3.26. The minimum absolute atomic E-state index is 0.0270. The summed E-state index contributed by atoms with van der Waals surface area (Å²) in [6.45, 7) is 2.05. The second-order valence-electron chi connectivity index (χ2n) is 5.69. The molecule has 0 aliphatic carbocycles. The monoisotopic (exact) mass is 256 g/mol. The lowest BCUT2D eigenvalue weighted by molar-refractivity contribution is -0.172. The van der Waals surface area contributed by atoms with Crippen molar-refractivity contribution in [1.29, 1.82) is 0 Å². The van der Waals surface area contributed by atoms with Gasteiger partial charge in [-0.3, -0.25) is 14.5 Å². The van der Waals surface area contributed by atoms with E-state index in [4.69, 9.17) is 4.74 Å². The van der Waals surface area contributed by atoms with E-state index in [9.17, 15) is 14.7 Å². The quantitative estimate of drug-likeness (QED) is 0.668. The number of carbonyl (C=O) groups is 2. The lowest BCUT2D eigenvalue weighted by atomic mass is 10.1. The number of imide groups is 1. The standard InChI is InChI=1S/C12H20N2O4/c1-12(17,6-13(2)3)7-14-10(15)8-4-5-9(18-8)11(14)16/h8-9,17H,4-7H2,1-3H3. The third-order valence-corrected chi connectivity index (χ3v) is 3.26. The molecule has 2 amide bonds. The summed E-state index contributed by atoms with van der Waals surface area (Å²) >= 11 is 0. The van der Waals surface area contributed by atoms with E-state index in [-0.39, 0.29) is 18.4 Å². The van der Waals surface area contributed by atoms with E-state index in [1.54, 1.807) is 6.92 Å². The van der Waals surface area contributed by atoms with Crippen LogP contribution in [0.2, 0.25) is 0 Å². The number of likely N-dealkylation sites (N-methyl/N-ethyl adjacent to an activating group) is 1. The number of β-amino-alcohol motifs (C(OH)–C–C–N with tert-alkyl or cyclic N) is 1. The average Bonchev–Trinajstić information content (AvgIpc) is 2.66. The summed E-state index contributed by atoms with van der Waals surface area (Å²) in [5, 5.41) is 10.2. The van der Waals surface area contributed by atoms with Crippen molar-refractivity contribution in [2.24, 2.45) is 0 Å². The highest BCUT2D eigenvalue weighted by atomic mass is 16.5. The maximum atomic E-state index is 12.0. The van der Waals surface area contributed by atoms with Crippen molar-refractivity contribution in [1.82, 2.24) is 9.80 Å². The smallest absolute Gasteiger partial charge is 0.258 e. The molecule has 0 spiro atoms. The Bertz CT molecular complexity index is 345. The molecule has 0 aromatic heterocycles. The molecular formula is C12H20N2O4. The predicted octanol–water partition coefficient (Wildman–Crippen LogP) is -0.785. The van der Waals surface area contributed by atoms with Crippen LogP contribution in [0.1, 0.15) is 19.8 Å². The highest BCUT2D eigenvalue weighted by Gasteiger charge is 2.47. The number of fused-ring (bicyclic) bond motifs is 2. The Labute approximate surface area is 106 Å². The Kier molecular flexibility index (Phi) is 3.44. The van der Waals surface area contributed by atoms with Crippen LogP contribution < -0.4 is 0 Å². The van der Waals surface area contributed by atoms with Gasteiger partial charge in [0.25, 0.3) is 11.8 Å². The maximum absolute atomic E-state index is 12.0. The van der Waals surface area contributed by atoms with Crippen molar-refractivity contribution in [2.45, 2.75) is 37.6 Å². The van der Waals surface area contributed by atoms with Gasteiger partial charge in [-0.25, -0.2) is 0 Å². The minimum atomic E-state index is -1.11. The van der Waals surface area contributed by atoms with Crippen LogP contribution in [-0.4, -0.2) is 71.7 Å². The number of hydrogen-bond donors (Lipinski definition) is 1. The lowest BCUT2D eigenvalue weighted by Gasteiger charge is -2.36. The number of morpholine rings is 1. The van der Waals surface area contributed by atoms with Crippen molar-refractivity contribution in [3.8, 4) is 0 Å². The number of aliphatic hydroxyl groups is 1. The normalized spacial score (nSPS) is 31.1. The van der Waals surface area contributed by atoms with Crippen LogP contribution in [0.3, 0.4) is 0 Å². The van der Waals surface area contributed by atoms with Crippen LogP contribution >= 0.6 is 0 Å². The Morgan fingerprint density at radius 2 is 1.83 bits per heavy atom. The second-order valence-corrected chi connectivity index (χ2v) is 5.69. The molecule has 6 heteroatoms. The molecule has 6 nitrogen and oxygen atoms in total. The maximum Gasteiger partial charge on any atom is 0.258 e. The topological polar surface area (TPSA) is 70.1 Å². The van der Waals surface area contributed by atoms with Gasteiger partial charge in [-0.15, -0.1) is 0 Å². The molecule has 2 bridgehead atoms. The molecule has 2 saturated heterocycles. The largest absolute Gasteiger partial charge is 0.387 e. The van der Waals surface area contributed by atoms with Gasteiger partial charge in [-0.1, -0.05) is 0 Å². The molecule has 0 aromatic rings. The van der Waals surface area contributed by atoms with Gasteiger partial charge in [0.1, 0.15) is 12.2 Å². The second kappa shape index (κ2) is 4.60. The molecule has 2 heterocycles. The summed E-state index contributed by atoms with van der Waals surface area (Å²) in [4.78, 5) is 27.0. The highest BCUT2D eigenvalue weighted by Crippen LogP contribution is 2.29. The lowest BCUT2D eigenvalue weighted by Crippen LogP contribution is -2.57. The first-order chi connectivity index (χ1) is 8.30. The van der Waals surface area contributed by atoms with E-state index in [1.165, 1.54) is 0 Å². The zero-order valence-electron chi connectivity index (χ0n) is 11.0. The van der Waals surface area contributed by atoms with Crippen molar-refractivity contribution in [3.63, 3.8) is 0 Å². The Hall–Kier alpha value is -0.980. The number of rotatable bonds is 4. The summed E-state index contributed by atoms with van der Waals surface area (Å²) in [5.74, 6) is -0.624. The van der Waals surface area contributed by atoms with Crippen LogP contribution in [0.5, 0.6) is 0 Å². The van der Waals surface area contributed by atoms with Crippen molar-refractivity contribution in [2.75, 3.05) is 27.2 Å². The van der Waals surface area contributed by atoms with Crippen molar-refractivity contribution in [3.05, 3.63) is 0 Å². The number of carbonyl (C=O) groups excluding carboxylic acids is 2. The molecule has 3 atom stereocenters. The number of hydrogen-bond acceptors (Lipinski definition) is 5. The highest BCUT2D eigenvalue weighted by molar-refractivity contribution is 6.02. The first kappa shape index (κ1) is 13.5. The molecule has 2 aliphatic heterocycles. The fraction of sp³-hybridized carbons (Fsp3) is 0.833. The number of amides is 2. The van der Waals surface area contributed by atoms with Gasteiger partial charge in [-0.05, 0) is 33.9 Å². The number of ether oxygens (including phenoxy) is 1. The molecule has 2 rings (SSSR count). The summed E-state index contributed by atoms with van der Waals surface area (Å²) in [7, 11) is 3.67. The van der Waals surface area contributed by atoms with Gasteiger partial charge in [0.05, 0.1) is 12.1 Å². The van der Waals surface area contributed by atoms with E-state index >= 15 is 0 Å². The molecule has 3 unspecified atom stereocenters. The predicted molar refractivity (Wildman–Crippen MR) is 63.8 cm³/mol. The van der Waals surface area contributed by atoms with Crippen LogP contribution in [-0.2, 0) is 14.3 Å². The van der Waals surface area contributed by atoms with Crippen molar-refractivity contribution >= 4 is 11.8 Å². The van der Waals surface area contributed by atoms with Gasteiger partial charge >= 0.3 is 0 Å². The first-order valence-corrected chi connectivity index (χ1v) is 6.18. The number of likely N-dealkylation sites (tertiary alicyclic amines) is 1. The van der Waals surface area contributed by atoms with Gasteiger partial charge in [-0.2, -0.15) is 0 Å². The van der Waals surface area contributed by atoms with Gasteiger partial charge in [0.15, 0.2) is 0 Å². The van der Waals surface area contributed by atoms with E-state index in [0.29, 0.717) is 19.4 Å². The van der Waals surface area contributed by atoms with E-state index in [2.05, 4.69) is 0 Å². The zero-order chi connectivity index (χ0) is 13.5. The Morgan fingerprint density at radius 3 is 2.28 bits per heavy atom.